The Kier molecular flexibility index (Phi) is 4.02. The van der Waals surface area contributed by atoms with Crippen LogP contribution in [0.3, 0.4) is 0 Å². The normalized spacial score (nSPS) is 26.9. The quantitative estimate of drug-likeness (QED) is 0.829. The van der Waals surface area contributed by atoms with Gasteiger partial charge in [0, 0.05) is 23.8 Å². The van der Waals surface area contributed by atoms with E-state index in [9.17, 15) is 0 Å². The molecule has 0 saturated heterocycles. The molecule has 2 fully saturated rings. The Morgan fingerprint density at radius 1 is 1.25 bits per heavy atom. The van der Waals surface area contributed by atoms with Gasteiger partial charge in [0.25, 0.3) is 0 Å². The van der Waals surface area contributed by atoms with E-state index in [4.69, 9.17) is 4.74 Å². The lowest BCUT2D eigenvalue weighted by molar-refractivity contribution is -0.157. The molecule has 2 nitrogen and oxygen atoms in total. The smallest absolute Gasteiger partial charge is 0.0670 e. The predicted octanol–water partition coefficient (Wildman–Crippen LogP) is 4.40. The van der Waals surface area contributed by atoms with E-state index in [-0.39, 0.29) is 0 Å². The number of nitrogens with one attached hydrogen (secondary N) is 1. The molecule has 0 aromatic heterocycles. The number of anilines is 1. The maximum absolute atomic E-state index is 5.94. The van der Waals surface area contributed by atoms with Gasteiger partial charge >= 0.3 is 0 Å². The molecule has 0 amide bonds. The van der Waals surface area contributed by atoms with E-state index in [1.807, 2.05) is 0 Å². The summed E-state index contributed by atoms with van der Waals surface area (Å²) in [5.41, 5.74) is 3.25. The first-order valence-electron chi connectivity index (χ1n) is 8.26. The second kappa shape index (κ2) is 5.77. The van der Waals surface area contributed by atoms with Crippen molar-refractivity contribution in [3.63, 3.8) is 0 Å². The number of hydrogen-bond donors (Lipinski definition) is 1. The molecule has 2 heteroatoms. The van der Waals surface area contributed by atoms with Crippen LogP contribution in [-0.2, 0) is 11.2 Å². The summed E-state index contributed by atoms with van der Waals surface area (Å²) >= 11 is 0. The van der Waals surface area contributed by atoms with Crippen molar-refractivity contribution in [2.24, 2.45) is 5.41 Å². The second-order valence-corrected chi connectivity index (χ2v) is 6.37. The third kappa shape index (κ3) is 2.24. The van der Waals surface area contributed by atoms with Crippen molar-refractivity contribution in [3.05, 3.63) is 29.8 Å². The van der Waals surface area contributed by atoms with Crippen LogP contribution < -0.4 is 5.32 Å². The lowest BCUT2D eigenvalue weighted by Gasteiger charge is -2.61. The van der Waals surface area contributed by atoms with E-state index in [1.165, 1.54) is 43.4 Å². The zero-order chi connectivity index (χ0) is 14.0. The Morgan fingerprint density at radius 3 is 2.70 bits per heavy atom. The van der Waals surface area contributed by atoms with Gasteiger partial charge in [-0.2, -0.15) is 0 Å². The minimum atomic E-state index is 0.440. The van der Waals surface area contributed by atoms with Crippen molar-refractivity contribution in [3.8, 4) is 0 Å². The lowest BCUT2D eigenvalue weighted by atomic mass is 9.51. The van der Waals surface area contributed by atoms with Crippen LogP contribution in [0.5, 0.6) is 0 Å². The summed E-state index contributed by atoms with van der Waals surface area (Å²) in [6.45, 7) is 5.22. The third-order valence-electron chi connectivity index (χ3n) is 5.30. The standard InChI is InChI=1S/C18H27NO/c1-3-8-14-9-5-6-10-15(14)19-16-13-17(20-4-2)18(16)11-7-12-18/h5-6,9-10,16-17,19H,3-4,7-8,11-13H2,1-2H3. The molecular weight excluding hydrogens is 246 g/mol. The molecule has 0 aliphatic heterocycles. The van der Waals surface area contributed by atoms with Gasteiger partial charge in [-0.05, 0) is 44.2 Å². The van der Waals surface area contributed by atoms with Crippen molar-refractivity contribution in [1.82, 2.24) is 0 Å². The zero-order valence-electron chi connectivity index (χ0n) is 12.8. The molecule has 110 valence electrons. The average Bonchev–Trinajstić information content (AvgIpc) is 2.38. The van der Waals surface area contributed by atoms with Gasteiger partial charge in [0.2, 0.25) is 0 Å². The number of ether oxygens (including phenoxy) is 1. The van der Waals surface area contributed by atoms with Gasteiger partial charge in [0.15, 0.2) is 0 Å². The Morgan fingerprint density at radius 2 is 2.05 bits per heavy atom. The molecule has 1 aromatic rings. The maximum Gasteiger partial charge on any atom is 0.0670 e. The van der Waals surface area contributed by atoms with Crippen LogP contribution in [0.25, 0.3) is 0 Å². The summed E-state index contributed by atoms with van der Waals surface area (Å²) < 4.78 is 5.94. The Labute approximate surface area is 122 Å². The molecule has 1 aromatic carbocycles. The first kappa shape index (κ1) is 13.9. The van der Waals surface area contributed by atoms with Crippen LogP contribution in [0.2, 0.25) is 0 Å². The summed E-state index contributed by atoms with van der Waals surface area (Å²) in [7, 11) is 0. The highest BCUT2D eigenvalue weighted by Gasteiger charge is 2.58. The Balaban J connectivity index is 1.70. The van der Waals surface area contributed by atoms with Gasteiger partial charge in [-0.1, -0.05) is 38.0 Å². The summed E-state index contributed by atoms with van der Waals surface area (Å²) in [6.07, 6.45) is 8.09. The van der Waals surface area contributed by atoms with Crippen LogP contribution in [0.1, 0.15) is 51.5 Å². The number of hydrogen-bond acceptors (Lipinski definition) is 2. The molecule has 2 aliphatic rings. The number of aryl methyl sites for hydroxylation is 1. The first-order chi connectivity index (χ1) is 9.80. The molecule has 0 heterocycles. The van der Waals surface area contributed by atoms with Crippen molar-refractivity contribution in [1.29, 1.82) is 0 Å². The number of benzene rings is 1. The molecule has 3 rings (SSSR count). The molecule has 0 bridgehead atoms. The molecule has 2 aliphatic carbocycles. The topological polar surface area (TPSA) is 21.3 Å². The highest BCUT2D eigenvalue weighted by molar-refractivity contribution is 5.53. The van der Waals surface area contributed by atoms with Gasteiger partial charge in [0.1, 0.15) is 0 Å². The van der Waals surface area contributed by atoms with Crippen LogP contribution in [0.4, 0.5) is 5.69 Å². The third-order valence-corrected chi connectivity index (χ3v) is 5.30. The van der Waals surface area contributed by atoms with Crippen LogP contribution in [-0.4, -0.2) is 18.8 Å². The first-order valence-corrected chi connectivity index (χ1v) is 8.26. The Hall–Kier alpha value is -1.02. The van der Waals surface area contributed by atoms with Crippen LogP contribution in [0.15, 0.2) is 24.3 Å². The van der Waals surface area contributed by atoms with Crippen LogP contribution >= 0.6 is 0 Å². The van der Waals surface area contributed by atoms with Gasteiger partial charge in [0.05, 0.1) is 6.10 Å². The maximum atomic E-state index is 5.94. The highest BCUT2D eigenvalue weighted by atomic mass is 16.5. The lowest BCUT2D eigenvalue weighted by Crippen LogP contribution is -2.64. The monoisotopic (exact) mass is 273 g/mol. The molecule has 2 unspecified atom stereocenters. The summed E-state index contributed by atoms with van der Waals surface area (Å²) in [5.74, 6) is 0. The summed E-state index contributed by atoms with van der Waals surface area (Å²) in [6, 6.07) is 9.42. The van der Waals surface area contributed by atoms with Crippen molar-refractivity contribution in [2.75, 3.05) is 11.9 Å². The SMILES string of the molecule is CCCc1ccccc1NC1CC(OCC)C12CCC2. The molecular formula is C18H27NO. The van der Waals surface area contributed by atoms with Crippen molar-refractivity contribution < 1.29 is 4.74 Å². The molecule has 20 heavy (non-hydrogen) atoms. The van der Waals surface area contributed by atoms with Gasteiger partial charge in [-0.3, -0.25) is 0 Å². The largest absolute Gasteiger partial charge is 0.381 e. The minimum Gasteiger partial charge on any atom is -0.381 e. The van der Waals surface area contributed by atoms with E-state index in [0.29, 0.717) is 17.6 Å². The summed E-state index contributed by atoms with van der Waals surface area (Å²) in [5, 5.41) is 3.83. The zero-order valence-corrected chi connectivity index (χ0v) is 12.8. The van der Waals surface area contributed by atoms with Gasteiger partial charge < -0.3 is 10.1 Å². The van der Waals surface area contributed by atoms with E-state index < -0.39 is 0 Å². The fourth-order valence-corrected chi connectivity index (χ4v) is 3.98. The van der Waals surface area contributed by atoms with E-state index in [0.717, 1.165) is 13.0 Å². The molecule has 1 spiro atoms. The summed E-state index contributed by atoms with van der Waals surface area (Å²) in [4.78, 5) is 0. The number of rotatable bonds is 6. The van der Waals surface area contributed by atoms with Crippen molar-refractivity contribution in [2.45, 2.75) is 64.5 Å². The van der Waals surface area contributed by atoms with Gasteiger partial charge in [-0.25, -0.2) is 0 Å². The van der Waals surface area contributed by atoms with Crippen molar-refractivity contribution >= 4 is 5.69 Å². The van der Waals surface area contributed by atoms with E-state index >= 15 is 0 Å². The fourth-order valence-electron chi connectivity index (χ4n) is 3.98. The van der Waals surface area contributed by atoms with Gasteiger partial charge in [-0.15, -0.1) is 0 Å². The highest BCUT2D eigenvalue weighted by Crippen LogP contribution is 2.58. The fraction of sp³-hybridized carbons (Fsp3) is 0.667. The molecule has 2 saturated carbocycles. The van der Waals surface area contributed by atoms with Crippen LogP contribution in [0, 0.1) is 5.41 Å². The number of para-hydroxylation sites is 1. The van der Waals surface area contributed by atoms with E-state index in [2.05, 4.69) is 43.4 Å². The van der Waals surface area contributed by atoms with E-state index in [1.54, 1.807) is 0 Å². The molecule has 0 radical (unpaired) electrons. The second-order valence-electron chi connectivity index (χ2n) is 6.37. The Bertz CT molecular complexity index is 452. The predicted molar refractivity (Wildman–Crippen MR) is 84.2 cm³/mol. The minimum absolute atomic E-state index is 0.440. The average molecular weight is 273 g/mol. The molecule has 2 atom stereocenters. The molecule has 1 N–H and O–H groups in total.